The number of ether oxygens (including phenoxy) is 12. The van der Waals surface area contributed by atoms with Gasteiger partial charge in [-0.1, -0.05) is 20.3 Å². The highest BCUT2D eigenvalue weighted by atomic mass is 16.8. The first-order valence-electron chi connectivity index (χ1n) is 26.4. The highest BCUT2D eigenvalue weighted by Gasteiger charge is 2.55. The topological polar surface area (TPSA) is 528 Å². The third-order valence-electron chi connectivity index (χ3n) is 14.2. The first-order valence-corrected chi connectivity index (χ1v) is 26.4. The van der Waals surface area contributed by atoms with Crippen molar-refractivity contribution in [3.63, 3.8) is 0 Å². The Bertz CT molecular complexity index is 1930. The summed E-state index contributed by atoms with van der Waals surface area (Å²) in [6.45, 7) is -1.71. The van der Waals surface area contributed by atoms with Crippen molar-refractivity contribution < 1.29 is 159 Å². The molecule has 4 fully saturated rings. The Labute approximate surface area is 464 Å². The molecule has 33 heteroatoms. The van der Waals surface area contributed by atoms with E-state index in [-0.39, 0.29) is 18.7 Å². The molecule has 0 aliphatic carbocycles. The number of fused-ring (bicyclic) bond motifs is 1. The van der Waals surface area contributed by atoms with Gasteiger partial charge in [0.15, 0.2) is 50.4 Å². The number of aliphatic imine (C=N–C) groups is 1. The summed E-state index contributed by atoms with van der Waals surface area (Å²) in [5.74, 6) is -4.27. The highest BCUT2D eigenvalue weighted by Crippen LogP contribution is 2.37. The normalized spacial score (nSPS) is 39.0. The van der Waals surface area contributed by atoms with Gasteiger partial charge in [-0.3, -0.25) is 0 Å². The van der Waals surface area contributed by atoms with Gasteiger partial charge < -0.3 is 159 Å². The van der Waals surface area contributed by atoms with E-state index in [0.29, 0.717) is 12.5 Å². The summed E-state index contributed by atoms with van der Waals surface area (Å²) in [4.78, 5) is 4.25. The van der Waals surface area contributed by atoms with Crippen molar-refractivity contribution in [3.8, 4) is 0 Å². The lowest BCUT2D eigenvalue weighted by Gasteiger charge is -2.48. The summed E-state index contributed by atoms with van der Waals surface area (Å²) < 4.78 is 69.5. The van der Waals surface area contributed by atoms with E-state index in [4.69, 9.17) is 56.8 Å². The van der Waals surface area contributed by atoms with Crippen molar-refractivity contribution in [1.82, 2.24) is 0 Å². The third kappa shape index (κ3) is 18.0. The number of rotatable bonds is 32. The van der Waals surface area contributed by atoms with Crippen molar-refractivity contribution in [3.05, 3.63) is 23.7 Å². The Balaban J connectivity index is 1.46. The molecule has 28 atom stereocenters. The molecule has 0 amide bonds. The number of hydrogen-bond acceptors (Lipinski definition) is 33. The van der Waals surface area contributed by atoms with E-state index in [2.05, 4.69) is 4.99 Å². The Morgan fingerprint density at radius 1 is 0.605 bits per heavy atom. The van der Waals surface area contributed by atoms with Crippen molar-refractivity contribution in [2.45, 2.75) is 206 Å². The van der Waals surface area contributed by atoms with Crippen LogP contribution in [0.1, 0.15) is 46.5 Å². The summed E-state index contributed by atoms with van der Waals surface area (Å²) in [5, 5.41) is 211. The summed E-state index contributed by atoms with van der Waals surface area (Å²) in [5.41, 5.74) is 0. The molecule has 5 rings (SSSR count). The van der Waals surface area contributed by atoms with Crippen LogP contribution in [0.5, 0.6) is 0 Å². The summed E-state index contributed by atoms with van der Waals surface area (Å²) in [7, 11) is 0. The fraction of sp³-hybridized carbons (Fsp3) is 0.896. The smallest absolute Gasteiger partial charge is 0.227 e. The zero-order chi connectivity index (χ0) is 60.0. The van der Waals surface area contributed by atoms with Crippen LogP contribution in [0.3, 0.4) is 0 Å². The highest BCUT2D eigenvalue weighted by molar-refractivity contribution is 5.75. The Morgan fingerprint density at radius 2 is 1.17 bits per heavy atom. The van der Waals surface area contributed by atoms with E-state index in [9.17, 15) is 102 Å². The van der Waals surface area contributed by atoms with Crippen LogP contribution < -0.4 is 0 Å². The summed E-state index contributed by atoms with van der Waals surface area (Å²) in [6.07, 6.45) is -42.6. The lowest BCUT2D eigenvalue weighted by atomic mass is 9.91. The van der Waals surface area contributed by atoms with Crippen LogP contribution in [-0.4, -0.2) is 321 Å². The third-order valence-corrected chi connectivity index (χ3v) is 14.2. The van der Waals surface area contributed by atoms with Crippen LogP contribution in [0, 0.1) is 11.8 Å². The number of aliphatic hydroxyl groups is 20. The molecule has 0 bridgehead atoms. The van der Waals surface area contributed by atoms with Crippen LogP contribution in [0.4, 0.5) is 0 Å². The van der Waals surface area contributed by atoms with Crippen molar-refractivity contribution >= 4 is 5.90 Å². The van der Waals surface area contributed by atoms with Crippen LogP contribution in [0.2, 0.25) is 0 Å². The zero-order valence-electron chi connectivity index (χ0n) is 44.6. The molecule has 14 unspecified atom stereocenters. The van der Waals surface area contributed by atoms with E-state index in [0.717, 1.165) is 6.08 Å². The van der Waals surface area contributed by atoms with Gasteiger partial charge in [-0.2, -0.15) is 0 Å². The van der Waals surface area contributed by atoms with E-state index >= 15 is 0 Å². The number of aliphatic hydroxyl groups excluding tert-OH is 20. The molecule has 0 saturated carbocycles. The standard InChI is InChI=1S/C48H83NO32/c1-4-5-23(57)33(61)20(12-52)44(69)73-17-72-31(11-25(59)22(56)7-9-51)80-41-18(2)45(81-42-27(14-54)76-46-32(37(42)65)49-19(3)74-46)77-28(35(41)63)15-71-48-40(68)43(79-30(60)10-24(58)21(55)6-8-50)36(64)29(78-48)16-70-47-39(67)38(66)34(62)26(13-53)75-47/h10-11,18,20-23,26-48,50-69H,4-9,12-17H2,1-3H3/b24-10-,25-11-/t18?,20?,21-,22-,23-,26?,27?,28?,29?,30-,31-,32?,33?,34-,35-,36-,37?,38?,39?,40?,41?,42-,43?,44-,45+,46+,47+,48+/m1/s1. The fourth-order valence-corrected chi connectivity index (χ4v) is 9.44. The molecule has 81 heavy (non-hydrogen) atoms. The van der Waals surface area contributed by atoms with Gasteiger partial charge in [0.2, 0.25) is 6.29 Å². The summed E-state index contributed by atoms with van der Waals surface area (Å²) in [6, 6.07) is -1.07. The molecule has 0 radical (unpaired) electrons. The van der Waals surface area contributed by atoms with Gasteiger partial charge >= 0.3 is 0 Å². The SMILES string of the molecule is CCC[C@@H](O)C(O)C(CO)[C@H](O)OCO[C@@H](/C=C(\O)[C@H](O)CCO)OC1C(C)[C@H](O[C@@H]2C(CO)O[C@@H]3OC(C)=NC3C2O)OC(CO[C@H]2OC(CO[C@H]3OC(CO)[C@@H](O)C(O)C3O)[C@@H](O)C(O[C@@H](O)/C=C(\O)[C@H](O)CCO)C2O)[C@H]1O. The van der Waals surface area contributed by atoms with Gasteiger partial charge in [0, 0.05) is 51.0 Å². The van der Waals surface area contributed by atoms with Crippen molar-refractivity contribution in [2.75, 3.05) is 53.0 Å². The van der Waals surface area contributed by atoms with Crippen molar-refractivity contribution in [2.24, 2.45) is 16.8 Å². The number of nitrogens with zero attached hydrogens (tertiary/aromatic N) is 1. The maximum atomic E-state index is 12.2. The Kier molecular flexibility index (Phi) is 28.0. The average molecular weight is 1190 g/mol. The van der Waals surface area contributed by atoms with E-state index in [1.54, 1.807) is 6.92 Å². The maximum absolute atomic E-state index is 12.2. The van der Waals surface area contributed by atoms with Crippen LogP contribution in [0.25, 0.3) is 0 Å². The fourth-order valence-electron chi connectivity index (χ4n) is 9.44. The molecule has 0 spiro atoms. The lowest BCUT2D eigenvalue weighted by molar-refractivity contribution is -0.361. The summed E-state index contributed by atoms with van der Waals surface area (Å²) >= 11 is 0. The molecule has 5 heterocycles. The molecule has 0 aromatic carbocycles. The molecule has 20 N–H and O–H groups in total. The molecule has 33 nitrogen and oxygen atoms in total. The minimum absolute atomic E-state index is 0.0973. The van der Waals surface area contributed by atoms with E-state index in [1.165, 1.54) is 13.8 Å². The molecule has 5 aliphatic heterocycles. The predicted octanol–water partition coefficient (Wildman–Crippen LogP) is -8.51. The minimum Gasteiger partial charge on any atom is -0.510 e. The molecular formula is C48H83NO32. The Hall–Kier alpha value is -2.61. The van der Waals surface area contributed by atoms with Crippen LogP contribution in [-0.2, 0) is 56.8 Å². The van der Waals surface area contributed by atoms with E-state index < -0.39 is 243 Å². The molecule has 0 aromatic rings. The Morgan fingerprint density at radius 3 is 1.75 bits per heavy atom. The minimum atomic E-state index is -2.22. The number of hydrogen-bond donors (Lipinski definition) is 20. The lowest BCUT2D eigenvalue weighted by Crippen LogP contribution is -2.64. The van der Waals surface area contributed by atoms with Gasteiger partial charge in [-0.15, -0.1) is 0 Å². The van der Waals surface area contributed by atoms with Gasteiger partial charge in [0.05, 0.1) is 57.3 Å². The largest absolute Gasteiger partial charge is 0.510 e. The first kappa shape index (κ1) is 69.2. The van der Waals surface area contributed by atoms with Gasteiger partial charge in [0.1, 0.15) is 109 Å². The molecule has 4 saturated heterocycles. The monoisotopic (exact) mass is 1190 g/mol. The maximum Gasteiger partial charge on any atom is 0.227 e. The van der Waals surface area contributed by atoms with Crippen LogP contribution in [0.15, 0.2) is 28.7 Å². The van der Waals surface area contributed by atoms with Crippen LogP contribution >= 0.6 is 0 Å². The molecule has 0 aromatic heterocycles. The molecule has 5 aliphatic rings. The second-order valence-corrected chi connectivity index (χ2v) is 20.1. The quantitative estimate of drug-likeness (QED) is 0.0220. The molecule has 472 valence electrons. The average Bonchev–Trinajstić information content (AvgIpc) is 3.84. The zero-order valence-corrected chi connectivity index (χ0v) is 44.6. The van der Waals surface area contributed by atoms with Gasteiger partial charge in [-0.05, 0) is 6.42 Å². The second-order valence-electron chi connectivity index (χ2n) is 20.1. The van der Waals surface area contributed by atoms with E-state index in [1.807, 2.05) is 0 Å². The van der Waals surface area contributed by atoms with Crippen molar-refractivity contribution in [1.29, 1.82) is 0 Å². The van der Waals surface area contributed by atoms with Gasteiger partial charge in [0.25, 0.3) is 0 Å². The first-order chi connectivity index (χ1) is 38.4. The predicted molar refractivity (Wildman–Crippen MR) is 262 cm³/mol. The van der Waals surface area contributed by atoms with Gasteiger partial charge in [-0.25, -0.2) is 4.99 Å². The second kappa shape index (κ2) is 32.8. The molecular weight excluding hydrogens is 1100 g/mol.